The second-order valence-electron chi connectivity index (χ2n) is 4.69. The zero-order valence-corrected chi connectivity index (χ0v) is 13.5. The minimum absolute atomic E-state index is 0.0861. The Hall–Kier alpha value is -2.28. The fourth-order valence-electron chi connectivity index (χ4n) is 1.86. The summed E-state index contributed by atoms with van der Waals surface area (Å²) in [6.07, 6.45) is 0.0861. The average molecular weight is 383 g/mol. The molecule has 23 heavy (non-hydrogen) atoms. The minimum Gasteiger partial charge on any atom is -0.347 e. The average Bonchev–Trinajstić information content (AvgIpc) is 2.51. The van der Waals surface area contributed by atoms with Crippen molar-refractivity contribution in [3.05, 3.63) is 64.1 Å². The molecule has 2 amide bonds. The van der Waals surface area contributed by atoms with Crippen LogP contribution < -0.4 is 10.6 Å². The van der Waals surface area contributed by atoms with Crippen molar-refractivity contribution in [1.29, 1.82) is 0 Å². The largest absolute Gasteiger partial charge is 0.347 e. The van der Waals surface area contributed by atoms with E-state index in [-0.39, 0.29) is 18.9 Å². The van der Waals surface area contributed by atoms with Gasteiger partial charge in [0.25, 0.3) is 0 Å². The first-order chi connectivity index (χ1) is 11.0. The molecule has 0 heterocycles. The van der Waals surface area contributed by atoms with Crippen molar-refractivity contribution in [3.63, 3.8) is 0 Å². The summed E-state index contributed by atoms with van der Waals surface area (Å²) in [6, 6.07) is 10.5. The van der Waals surface area contributed by atoms with Crippen LogP contribution >= 0.6 is 15.9 Å². The maximum absolute atomic E-state index is 13.4. The quantitative estimate of drug-likeness (QED) is 0.834. The highest BCUT2D eigenvalue weighted by Crippen LogP contribution is 2.18. The van der Waals surface area contributed by atoms with Crippen LogP contribution in [0.15, 0.2) is 46.9 Å². The molecule has 2 N–H and O–H groups in total. The molecule has 0 atom stereocenters. The number of carbonyl (C=O) groups is 2. The van der Waals surface area contributed by atoms with E-state index >= 15 is 0 Å². The van der Waals surface area contributed by atoms with Crippen molar-refractivity contribution >= 4 is 33.4 Å². The van der Waals surface area contributed by atoms with E-state index in [0.29, 0.717) is 0 Å². The topological polar surface area (TPSA) is 58.2 Å². The van der Waals surface area contributed by atoms with Gasteiger partial charge in [-0.1, -0.05) is 40.2 Å². The van der Waals surface area contributed by atoms with E-state index < -0.39 is 23.2 Å². The van der Waals surface area contributed by atoms with Gasteiger partial charge in [0, 0.05) is 4.47 Å². The lowest BCUT2D eigenvalue weighted by Gasteiger charge is -2.09. The van der Waals surface area contributed by atoms with Crippen molar-refractivity contribution in [2.45, 2.75) is 6.42 Å². The molecular weight excluding hydrogens is 370 g/mol. The SMILES string of the molecule is O=C(Cc1ccccc1Br)NCC(=O)Nc1c(F)cccc1F. The Kier molecular flexibility index (Phi) is 5.81. The number of benzene rings is 2. The molecule has 0 unspecified atom stereocenters. The molecule has 0 radical (unpaired) electrons. The van der Waals surface area contributed by atoms with E-state index in [1.54, 1.807) is 18.2 Å². The normalized spacial score (nSPS) is 10.2. The Morgan fingerprint density at radius 2 is 1.61 bits per heavy atom. The van der Waals surface area contributed by atoms with Crippen LogP contribution in [-0.4, -0.2) is 18.4 Å². The van der Waals surface area contributed by atoms with Crippen molar-refractivity contribution in [3.8, 4) is 0 Å². The fourth-order valence-corrected chi connectivity index (χ4v) is 2.28. The third kappa shape index (κ3) is 4.85. The summed E-state index contributed by atoms with van der Waals surface area (Å²) < 4.78 is 27.6. The Morgan fingerprint density at radius 1 is 0.957 bits per heavy atom. The standard InChI is InChI=1S/C16H13BrF2N2O2/c17-11-5-2-1-4-10(11)8-14(22)20-9-15(23)21-16-12(18)6-3-7-13(16)19/h1-7H,8-9H2,(H,20,22)(H,21,23). The maximum atomic E-state index is 13.4. The number of para-hydroxylation sites is 1. The number of hydrogen-bond acceptors (Lipinski definition) is 2. The van der Waals surface area contributed by atoms with Gasteiger partial charge < -0.3 is 10.6 Å². The molecule has 0 aromatic heterocycles. The van der Waals surface area contributed by atoms with E-state index in [9.17, 15) is 18.4 Å². The summed E-state index contributed by atoms with van der Waals surface area (Å²) in [5, 5.41) is 4.50. The summed E-state index contributed by atoms with van der Waals surface area (Å²) in [5.41, 5.74) is 0.239. The van der Waals surface area contributed by atoms with Crippen LogP contribution in [-0.2, 0) is 16.0 Å². The lowest BCUT2D eigenvalue weighted by atomic mass is 10.1. The second kappa shape index (κ2) is 7.82. The van der Waals surface area contributed by atoms with Crippen LogP contribution in [0.4, 0.5) is 14.5 Å². The molecule has 0 aliphatic heterocycles. The molecule has 2 aromatic carbocycles. The number of rotatable bonds is 5. The number of halogens is 3. The smallest absolute Gasteiger partial charge is 0.243 e. The number of hydrogen-bond donors (Lipinski definition) is 2. The Labute approximate surface area is 140 Å². The Bertz CT molecular complexity index is 718. The molecule has 2 aromatic rings. The van der Waals surface area contributed by atoms with Crippen LogP contribution in [0, 0.1) is 11.6 Å². The highest BCUT2D eigenvalue weighted by molar-refractivity contribution is 9.10. The van der Waals surface area contributed by atoms with Gasteiger partial charge in [0.2, 0.25) is 11.8 Å². The first-order valence-electron chi connectivity index (χ1n) is 6.71. The predicted molar refractivity (Wildman–Crippen MR) is 85.8 cm³/mol. The lowest BCUT2D eigenvalue weighted by Crippen LogP contribution is -2.34. The molecular formula is C16H13BrF2N2O2. The van der Waals surface area contributed by atoms with Crippen molar-refractivity contribution < 1.29 is 18.4 Å². The molecule has 0 aliphatic rings. The van der Waals surface area contributed by atoms with Crippen molar-refractivity contribution in [1.82, 2.24) is 5.32 Å². The summed E-state index contributed by atoms with van der Waals surface area (Å²) in [5.74, 6) is -2.84. The van der Waals surface area contributed by atoms with Crippen LogP contribution in [0.25, 0.3) is 0 Å². The van der Waals surface area contributed by atoms with Gasteiger partial charge in [-0.3, -0.25) is 9.59 Å². The Morgan fingerprint density at radius 3 is 2.26 bits per heavy atom. The van der Waals surface area contributed by atoms with Gasteiger partial charge in [0.05, 0.1) is 13.0 Å². The van der Waals surface area contributed by atoms with Gasteiger partial charge in [-0.15, -0.1) is 0 Å². The van der Waals surface area contributed by atoms with Gasteiger partial charge in [-0.2, -0.15) is 0 Å². The predicted octanol–water partition coefficient (Wildman–Crippen LogP) is 3.02. The second-order valence-corrected chi connectivity index (χ2v) is 5.54. The zero-order chi connectivity index (χ0) is 16.8. The third-order valence-electron chi connectivity index (χ3n) is 2.98. The highest BCUT2D eigenvalue weighted by Gasteiger charge is 2.13. The van der Waals surface area contributed by atoms with Crippen LogP contribution in [0.1, 0.15) is 5.56 Å². The molecule has 120 valence electrons. The van der Waals surface area contributed by atoms with Gasteiger partial charge in [-0.25, -0.2) is 8.78 Å². The van der Waals surface area contributed by atoms with Gasteiger partial charge in [0.1, 0.15) is 17.3 Å². The highest BCUT2D eigenvalue weighted by atomic mass is 79.9. The van der Waals surface area contributed by atoms with E-state index in [0.717, 1.165) is 22.2 Å². The zero-order valence-electron chi connectivity index (χ0n) is 11.9. The van der Waals surface area contributed by atoms with Gasteiger partial charge in [0.15, 0.2) is 0 Å². The number of anilines is 1. The van der Waals surface area contributed by atoms with E-state index in [1.807, 2.05) is 6.07 Å². The van der Waals surface area contributed by atoms with E-state index in [1.165, 1.54) is 6.07 Å². The molecule has 7 heteroatoms. The molecule has 2 rings (SSSR count). The van der Waals surface area contributed by atoms with E-state index in [2.05, 4.69) is 26.6 Å². The molecule has 0 aliphatic carbocycles. The number of carbonyl (C=O) groups excluding carboxylic acids is 2. The number of nitrogens with one attached hydrogen (secondary N) is 2. The molecule has 0 saturated heterocycles. The van der Waals surface area contributed by atoms with E-state index in [4.69, 9.17) is 0 Å². The monoisotopic (exact) mass is 382 g/mol. The minimum atomic E-state index is -0.877. The van der Waals surface area contributed by atoms with Crippen LogP contribution in [0.5, 0.6) is 0 Å². The summed E-state index contributed by atoms with van der Waals surface area (Å²) in [7, 11) is 0. The van der Waals surface area contributed by atoms with Gasteiger partial charge in [-0.05, 0) is 23.8 Å². The summed E-state index contributed by atoms with van der Waals surface area (Å²) in [6.45, 7) is -0.378. The molecule has 4 nitrogen and oxygen atoms in total. The van der Waals surface area contributed by atoms with Gasteiger partial charge >= 0.3 is 0 Å². The summed E-state index contributed by atoms with van der Waals surface area (Å²) in [4.78, 5) is 23.5. The third-order valence-corrected chi connectivity index (χ3v) is 3.76. The molecule has 0 saturated carbocycles. The Balaban J connectivity index is 1.87. The number of amides is 2. The first kappa shape index (κ1) is 17.1. The molecule has 0 fully saturated rings. The fraction of sp³-hybridized carbons (Fsp3) is 0.125. The van der Waals surface area contributed by atoms with Crippen LogP contribution in [0.2, 0.25) is 0 Å². The summed E-state index contributed by atoms with van der Waals surface area (Å²) >= 11 is 3.32. The molecule has 0 bridgehead atoms. The lowest BCUT2D eigenvalue weighted by molar-refractivity contribution is -0.123. The van der Waals surface area contributed by atoms with Crippen molar-refractivity contribution in [2.75, 3.05) is 11.9 Å². The molecule has 0 spiro atoms. The first-order valence-corrected chi connectivity index (χ1v) is 7.50. The van der Waals surface area contributed by atoms with Crippen molar-refractivity contribution in [2.24, 2.45) is 0 Å². The van der Waals surface area contributed by atoms with Crippen LogP contribution in [0.3, 0.4) is 0 Å². The maximum Gasteiger partial charge on any atom is 0.243 e.